The number of hydrogen-bond donors (Lipinski definition) is 1. The van der Waals surface area contributed by atoms with E-state index in [2.05, 4.69) is 4.74 Å². The highest BCUT2D eigenvalue weighted by Crippen LogP contribution is 2.57. The number of carboxylic acid groups (broad SMARTS) is 1. The van der Waals surface area contributed by atoms with Gasteiger partial charge in [-0.3, -0.25) is 19.2 Å². The van der Waals surface area contributed by atoms with E-state index in [0.29, 0.717) is 6.42 Å². The fourth-order valence-electron chi connectivity index (χ4n) is 3.98. The molecule has 1 heterocycles. The van der Waals surface area contributed by atoms with Crippen molar-refractivity contribution in [1.29, 1.82) is 0 Å². The monoisotopic (exact) mass is 340 g/mol. The standard InChI is InChI=1S/C15H16O9/c16-8(13(18)19)5-10(17)22-1-2-23-14(20)11-6-3-7-9(4-6)24-15(21)12(7)11/h6-7,9,11-12H,1-5H2,(H,18,19). The Morgan fingerprint density at radius 1 is 1.12 bits per heavy atom. The lowest BCUT2D eigenvalue weighted by Crippen LogP contribution is -2.34. The molecule has 2 saturated carbocycles. The third kappa shape index (κ3) is 2.85. The van der Waals surface area contributed by atoms with Crippen LogP contribution in [0.5, 0.6) is 0 Å². The Balaban J connectivity index is 1.41. The van der Waals surface area contributed by atoms with Crippen molar-refractivity contribution >= 4 is 29.7 Å². The van der Waals surface area contributed by atoms with Gasteiger partial charge in [0.15, 0.2) is 0 Å². The van der Waals surface area contributed by atoms with Crippen LogP contribution in [-0.4, -0.2) is 54.1 Å². The minimum absolute atomic E-state index is 0.0655. The molecule has 0 aromatic rings. The number of ether oxygens (including phenoxy) is 3. The maximum atomic E-state index is 12.2. The molecule has 0 spiro atoms. The van der Waals surface area contributed by atoms with Crippen molar-refractivity contribution < 1.29 is 43.3 Å². The molecule has 24 heavy (non-hydrogen) atoms. The van der Waals surface area contributed by atoms with Crippen LogP contribution in [0.2, 0.25) is 0 Å². The number of carbonyl (C=O) groups is 5. The number of ketones is 1. The van der Waals surface area contributed by atoms with Crippen LogP contribution in [-0.2, 0) is 38.2 Å². The van der Waals surface area contributed by atoms with E-state index in [1.165, 1.54) is 0 Å². The van der Waals surface area contributed by atoms with Crippen molar-refractivity contribution in [2.75, 3.05) is 13.2 Å². The Hall–Kier alpha value is -2.45. The van der Waals surface area contributed by atoms with Gasteiger partial charge in [0, 0.05) is 5.92 Å². The van der Waals surface area contributed by atoms with Gasteiger partial charge in [0.25, 0.3) is 5.78 Å². The van der Waals surface area contributed by atoms with Crippen LogP contribution in [0.4, 0.5) is 0 Å². The van der Waals surface area contributed by atoms with E-state index in [0.717, 1.165) is 6.42 Å². The molecule has 3 fully saturated rings. The summed E-state index contributed by atoms with van der Waals surface area (Å²) in [5, 5.41) is 8.36. The molecule has 0 radical (unpaired) electrons. The van der Waals surface area contributed by atoms with Crippen LogP contribution in [0.25, 0.3) is 0 Å². The van der Waals surface area contributed by atoms with Crippen molar-refractivity contribution in [3.63, 3.8) is 0 Å². The Morgan fingerprint density at radius 2 is 1.83 bits per heavy atom. The summed E-state index contributed by atoms with van der Waals surface area (Å²) in [5.74, 6) is -5.60. The number of carbonyl (C=O) groups excluding carboxylic acids is 4. The van der Waals surface area contributed by atoms with Gasteiger partial charge in [-0.1, -0.05) is 0 Å². The van der Waals surface area contributed by atoms with Gasteiger partial charge in [-0.2, -0.15) is 0 Å². The zero-order chi connectivity index (χ0) is 17.4. The fourth-order valence-corrected chi connectivity index (χ4v) is 3.98. The quantitative estimate of drug-likeness (QED) is 0.210. The summed E-state index contributed by atoms with van der Waals surface area (Å²) >= 11 is 0. The van der Waals surface area contributed by atoms with Gasteiger partial charge < -0.3 is 19.3 Å². The average Bonchev–Trinajstić information content (AvgIpc) is 3.12. The fraction of sp³-hybridized carbons (Fsp3) is 0.667. The number of esters is 3. The highest BCUT2D eigenvalue weighted by Gasteiger charge is 2.64. The number of aliphatic carboxylic acids is 1. The van der Waals surface area contributed by atoms with E-state index >= 15 is 0 Å². The molecule has 0 aromatic heterocycles. The summed E-state index contributed by atoms with van der Waals surface area (Å²) in [5.41, 5.74) is 0. The lowest BCUT2D eigenvalue weighted by molar-refractivity contribution is -0.160. The number of rotatable bonds is 7. The molecule has 0 aromatic carbocycles. The van der Waals surface area contributed by atoms with Gasteiger partial charge in [-0.25, -0.2) is 4.79 Å². The molecule has 0 amide bonds. The molecule has 2 bridgehead atoms. The first-order valence-electron chi connectivity index (χ1n) is 7.67. The molecule has 1 aliphatic heterocycles. The van der Waals surface area contributed by atoms with E-state index in [-0.39, 0.29) is 37.1 Å². The van der Waals surface area contributed by atoms with E-state index in [9.17, 15) is 24.0 Å². The average molecular weight is 340 g/mol. The van der Waals surface area contributed by atoms with Crippen LogP contribution in [0.3, 0.4) is 0 Å². The second-order valence-electron chi connectivity index (χ2n) is 6.22. The van der Waals surface area contributed by atoms with E-state index in [1.54, 1.807) is 0 Å². The van der Waals surface area contributed by atoms with Gasteiger partial charge in [0.2, 0.25) is 0 Å². The largest absolute Gasteiger partial charge is 0.475 e. The minimum atomic E-state index is -1.71. The normalized spacial score (nSPS) is 32.3. The molecule has 9 heteroatoms. The first-order chi connectivity index (χ1) is 11.4. The lowest BCUT2D eigenvalue weighted by Gasteiger charge is -2.22. The van der Waals surface area contributed by atoms with Gasteiger partial charge in [0.1, 0.15) is 25.7 Å². The summed E-state index contributed by atoms with van der Waals surface area (Å²) in [6.45, 7) is -0.499. The van der Waals surface area contributed by atoms with Crippen molar-refractivity contribution in [1.82, 2.24) is 0 Å². The van der Waals surface area contributed by atoms with E-state index in [1.807, 2.05) is 0 Å². The van der Waals surface area contributed by atoms with Crippen LogP contribution >= 0.6 is 0 Å². The van der Waals surface area contributed by atoms with Crippen molar-refractivity contribution in [3.8, 4) is 0 Å². The molecule has 3 aliphatic rings. The van der Waals surface area contributed by atoms with Crippen LogP contribution in [0.15, 0.2) is 0 Å². The Kier molecular flexibility index (Phi) is 4.25. The maximum absolute atomic E-state index is 12.2. The molecular formula is C15H16O9. The molecule has 5 unspecified atom stereocenters. The first kappa shape index (κ1) is 16.4. The predicted molar refractivity (Wildman–Crippen MR) is 72.3 cm³/mol. The van der Waals surface area contributed by atoms with Crippen LogP contribution < -0.4 is 0 Å². The van der Waals surface area contributed by atoms with Crippen molar-refractivity contribution in [2.45, 2.75) is 25.4 Å². The summed E-state index contributed by atoms with van der Waals surface area (Å²) in [6.07, 6.45) is 0.529. The second kappa shape index (κ2) is 6.21. The third-order valence-electron chi connectivity index (χ3n) is 4.89. The van der Waals surface area contributed by atoms with Crippen molar-refractivity contribution in [2.24, 2.45) is 23.7 Å². The predicted octanol–water partition coefficient (Wildman–Crippen LogP) is -0.686. The number of Topliss-reactive ketones (excluding diaryl/α,β-unsaturated/α-hetero) is 1. The molecule has 2 aliphatic carbocycles. The molecule has 9 nitrogen and oxygen atoms in total. The maximum Gasteiger partial charge on any atom is 0.372 e. The summed E-state index contributed by atoms with van der Waals surface area (Å²) in [6, 6.07) is 0. The van der Waals surface area contributed by atoms with Crippen molar-refractivity contribution in [3.05, 3.63) is 0 Å². The van der Waals surface area contributed by atoms with E-state index in [4.69, 9.17) is 14.6 Å². The SMILES string of the molecule is O=C(CC(=O)C(=O)O)OCCOC(=O)C1C2CC3OC(=O)C1C3C2. The van der Waals surface area contributed by atoms with Gasteiger partial charge >= 0.3 is 23.9 Å². The molecule has 5 atom stereocenters. The smallest absolute Gasteiger partial charge is 0.372 e. The van der Waals surface area contributed by atoms with Crippen LogP contribution in [0.1, 0.15) is 19.3 Å². The third-order valence-corrected chi connectivity index (χ3v) is 4.89. The topological polar surface area (TPSA) is 133 Å². The number of fused-ring (bicyclic) bond motifs is 1. The Morgan fingerprint density at radius 3 is 2.54 bits per heavy atom. The molecule has 3 rings (SSSR count). The minimum Gasteiger partial charge on any atom is -0.475 e. The van der Waals surface area contributed by atoms with Crippen LogP contribution in [0, 0.1) is 23.7 Å². The van der Waals surface area contributed by atoms with Gasteiger partial charge in [0.05, 0.1) is 11.8 Å². The second-order valence-corrected chi connectivity index (χ2v) is 6.22. The highest BCUT2D eigenvalue weighted by atomic mass is 16.6. The highest BCUT2D eigenvalue weighted by molar-refractivity contribution is 6.35. The van der Waals surface area contributed by atoms with Gasteiger partial charge in [-0.05, 0) is 18.8 Å². The zero-order valence-corrected chi connectivity index (χ0v) is 12.6. The summed E-state index contributed by atoms with van der Waals surface area (Å²) < 4.78 is 14.9. The van der Waals surface area contributed by atoms with Gasteiger partial charge in [-0.15, -0.1) is 0 Å². The molecule has 130 valence electrons. The lowest BCUT2D eigenvalue weighted by atomic mass is 9.80. The zero-order valence-electron chi connectivity index (χ0n) is 12.6. The Labute approximate surface area is 136 Å². The van der Waals surface area contributed by atoms with E-state index < -0.39 is 41.9 Å². The summed E-state index contributed by atoms with van der Waals surface area (Å²) in [7, 11) is 0. The molecule has 1 N–H and O–H groups in total. The number of hydrogen-bond acceptors (Lipinski definition) is 8. The molecule has 1 saturated heterocycles. The Bertz CT molecular complexity index is 608. The first-order valence-corrected chi connectivity index (χ1v) is 7.67. The summed E-state index contributed by atoms with van der Waals surface area (Å²) in [4.78, 5) is 56.3. The number of carboxylic acids is 1. The molecular weight excluding hydrogens is 324 g/mol.